The van der Waals surface area contributed by atoms with Crippen LogP contribution in [0.2, 0.25) is 0 Å². The van der Waals surface area contributed by atoms with Crippen LogP contribution in [0.3, 0.4) is 0 Å². The maximum Gasteiger partial charge on any atom is 0.222 e. The topological polar surface area (TPSA) is 72.9 Å². The second-order valence-electron chi connectivity index (χ2n) is 7.69. The highest BCUT2D eigenvalue weighted by Crippen LogP contribution is 2.21. The summed E-state index contributed by atoms with van der Waals surface area (Å²) in [4.78, 5) is 24.9. The fourth-order valence-corrected chi connectivity index (χ4v) is 4.15. The van der Waals surface area contributed by atoms with E-state index in [-0.39, 0.29) is 23.8 Å². The van der Waals surface area contributed by atoms with Gasteiger partial charge >= 0.3 is 0 Å². The third-order valence-corrected chi connectivity index (χ3v) is 5.67. The number of amides is 1. The SMILES string of the molecule is CCNC(=NCCC(CC)N1CCCC1=O)NC1CCN(c2ncccc2F)C1. The Morgan fingerprint density at radius 3 is 2.97 bits per heavy atom. The number of guanidine groups is 1. The predicted octanol–water partition coefficient (Wildman–Crippen LogP) is 2.15. The molecule has 2 unspecified atom stereocenters. The lowest BCUT2D eigenvalue weighted by Gasteiger charge is -2.26. The first-order chi connectivity index (χ1) is 14.1. The van der Waals surface area contributed by atoms with Gasteiger partial charge in [-0.05, 0) is 44.7 Å². The number of likely N-dealkylation sites (tertiary alicyclic amines) is 1. The highest BCUT2D eigenvalue weighted by Gasteiger charge is 2.27. The molecule has 3 rings (SSSR count). The zero-order valence-electron chi connectivity index (χ0n) is 17.5. The van der Waals surface area contributed by atoms with E-state index < -0.39 is 0 Å². The number of nitrogens with zero attached hydrogens (tertiary/aromatic N) is 4. The number of aromatic nitrogens is 1. The zero-order chi connectivity index (χ0) is 20.6. The van der Waals surface area contributed by atoms with E-state index in [1.165, 1.54) is 6.07 Å². The Morgan fingerprint density at radius 2 is 2.28 bits per heavy atom. The summed E-state index contributed by atoms with van der Waals surface area (Å²) in [6.45, 7) is 7.95. The molecule has 8 heteroatoms. The molecule has 0 radical (unpaired) electrons. The number of carbonyl (C=O) groups excluding carboxylic acids is 1. The van der Waals surface area contributed by atoms with Crippen LogP contribution in [0.4, 0.5) is 10.2 Å². The lowest BCUT2D eigenvalue weighted by molar-refractivity contribution is -0.129. The first-order valence-corrected chi connectivity index (χ1v) is 10.8. The second-order valence-corrected chi connectivity index (χ2v) is 7.69. The summed E-state index contributed by atoms with van der Waals surface area (Å²) < 4.78 is 14.0. The molecule has 160 valence electrons. The maximum atomic E-state index is 14.0. The molecule has 0 spiro atoms. The van der Waals surface area contributed by atoms with Crippen molar-refractivity contribution in [2.24, 2.45) is 4.99 Å². The summed E-state index contributed by atoms with van der Waals surface area (Å²) in [5.41, 5.74) is 0. The Kier molecular flexibility index (Phi) is 7.66. The number of pyridine rings is 1. The van der Waals surface area contributed by atoms with Crippen molar-refractivity contribution in [2.45, 2.75) is 58.0 Å². The molecule has 29 heavy (non-hydrogen) atoms. The summed E-state index contributed by atoms with van der Waals surface area (Å²) >= 11 is 0. The molecule has 0 bridgehead atoms. The molecule has 1 aromatic rings. The quantitative estimate of drug-likeness (QED) is 0.513. The molecule has 1 amide bonds. The fourth-order valence-electron chi connectivity index (χ4n) is 4.15. The minimum Gasteiger partial charge on any atom is -0.357 e. The molecule has 2 fully saturated rings. The van der Waals surface area contributed by atoms with Gasteiger partial charge in [0.2, 0.25) is 5.91 Å². The van der Waals surface area contributed by atoms with Gasteiger partial charge in [0, 0.05) is 57.4 Å². The lowest BCUT2D eigenvalue weighted by atomic mass is 10.1. The van der Waals surface area contributed by atoms with Crippen molar-refractivity contribution < 1.29 is 9.18 Å². The van der Waals surface area contributed by atoms with Crippen molar-refractivity contribution in [2.75, 3.05) is 37.6 Å². The van der Waals surface area contributed by atoms with Crippen LogP contribution in [0.25, 0.3) is 0 Å². The molecule has 3 heterocycles. The van der Waals surface area contributed by atoms with Gasteiger partial charge in [-0.1, -0.05) is 6.92 Å². The van der Waals surface area contributed by atoms with Gasteiger partial charge in [-0.3, -0.25) is 9.79 Å². The normalized spacial score (nSPS) is 21.0. The van der Waals surface area contributed by atoms with Crippen LogP contribution in [-0.2, 0) is 4.79 Å². The van der Waals surface area contributed by atoms with Gasteiger partial charge in [0.25, 0.3) is 0 Å². The van der Waals surface area contributed by atoms with Crippen LogP contribution >= 0.6 is 0 Å². The minimum absolute atomic E-state index is 0.191. The number of aliphatic imine (C=N–C) groups is 1. The molecule has 2 atom stereocenters. The largest absolute Gasteiger partial charge is 0.357 e. The molecule has 0 aromatic carbocycles. The van der Waals surface area contributed by atoms with Crippen molar-refractivity contribution in [1.29, 1.82) is 0 Å². The first-order valence-electron chi connectivity index (χ1n) is 10.8. The van der Waals surface area contributed by atoms with E-state index in [2.05, 4.69) is 22.5 Å². The van der Waals surface area contributed by atoms with Gasteiger partial charge < -0.3 is 20.4 Å². The van der Waals surface area contributed by atoms with Crippen molar-refractivity contribution in [1.82, 2.24) is 20.5 Å². The van der Waals surface area contributed by atoms with Crippen molar-refractivity contribution in [3.8, 4) is 0 Å². The Labute approximate surface area is 172 Å². The van der Waals surface area contributed by atoms with Gasteiger partial charge in [-0.2, -0.15) is 0 Å². The summed E-state index contributed by atoms with van der Waals surface area (Å²) in [6.07, 6.45) is 6.00. The highest BCUT2D eigenvalue weighted by molar-refractivity contribution is 5.80. The van der Waals surface area contributed by atoms with Crippen molar-refractivity contribution >= 4 is 17.7 Å². The molecule has 2 N–H and O–H groups in total. The monoisotopic (exact) mass is 404 g/mol. The van der Waals surface area contributed by atoms with E-state index in [4.69, 9.17) is 4.99 Å². The summed E-state index contributed by atoms with van der Waals surface area (Å²) in [5, 5.41) is 6.77. The lowest BCUT2D eigenvalue weighted by Crippen LogP contribution is -2.45. The predicted molar refractivity (Wildman–Crippen MR) is 114 cm³/mol. The number of carbonyl (C=O) groups is 1. The van der Waals surface area contributed by atoms with Crippen LogP contribution < -0.4 is 15.5 Å². The van der Waals surface area contributed by atoms with Crippen LogP contribution in [0.5, 0.6) is 0 Å². The molecule has 0 aliphatic carbocycles. The Morgan fingerprint density at radius 1 is 1.41 bits per heavy atom. The number of hydrogen-bond acceptors (Lipinski definition) is 4. The van der Waals surface area contributed by atoms with Gasteiger partial charge in [0.05, 0.1) is 0 Å². The summed E-state index contributed by atoms with van der Waals surface area (Å²) in [5.74, 6) is 1.19. The van der Waals surface area contributed by atoms with E-state index in [1.54, 1.807) is 12.3 Å². The molecular formula is C21H33FN6O. The van der Waals surface area contributed by atoms with Gasteiger partial charge in [0.1, 0.15) is 0 Å². The third kappa shape index (κ3) is 5.58. The van der Waals surface area contributed by atoms with E-state index in [1.807, 2.05) is 16.7 Å². The number of hydrogen-bond donors (Lipinski definition) is 2. The van der Waals surface area contributed by atoms with Gasteiger partial charge in [0.15, 0.2) is 17.6 Å². The molecule has 2 aliphatic rings. The molecule has 1 aromatic heterocycles. The average molecular weight is 405 g/mol. The number of halogens is 1. The van der Waals surface area contributed by atoms with E-state index in [0.717, 1.165) is 51.3 Å². The Hall–Kier alpha value is -2.38. The number of rotatable bonds is 8. The molecule has 2 aliphatic heterocycles. The summed E-state index contributed by atoms with van der Waals surface area (Å²) in [7, 11) is 0. The van der Waals surface area contributed by atoms with E-state index >= 15 is 0 Å². The maximum absolute atomic E-state index is 14.0. The first kappa shape index (κ1) is 21.3. The number of nitrogens with one attached hydrogen (secondary N) is 2. The highest BCUT2D eigenvalue weighted by atomic mass is 19.1. The third-order valence-electron chi connectivity index (χ3n) is 5.67. The second kappa shape index (κ2) is 10.4. The molecule has 0 saturated carbocycles. The average Bonchev–Trinajstić information content (AvgIpc) is 3.35. The van der Waals surface area contributed by atoms with Gasteiger partial charge in [-0.25, -0.2) is 9.37 Å². The zero-order valence-corrected chi connectivity index (χ0v) is 17.5. The Balaban J connectivity index is 1.53. The van der Waals surface area contributed by atoms with Crippen LogP contribution in [-0.4, -0.2) is 66.6 Å². The smallest absolute Gasteiger partial charge is 0.222 e. The fraction of sp³-hybridized carbons (Fsp3) is 0.667. The van der Waals surface area contributed by atoms with E-state index in [9.17, 15) is 9.18 Å². The summed E-state index contributed by atoms with van der Waals surface area (Å²) in [6, 6.07) is 3.52. The Bertz CT molecular complexity index is 712. The van der Waals surface area contributed by atoms with Crippen molar-refractivity contribution in [3.05, 3.63) is 24.1 Å². The standard InChI is InChI=1S/C21H33FN6O/c1-3-17(28-13-6-8-19(28)29)9-12-25-21(23-4-2)26-16-10-14-27(15-16)20-18(22)7-5-11-24-20/h5,7,11,16-17H,3-4,6,8-10,12-15H2,1-2H3,(H2,23,25,26). The van der Waals surface area contributed by atoms with Crippen molar-refractivity contribution in [3.63, 3.8) is 0 Å². The van der Waals surface area contributed by atoms with Crippen LogP contribution in [0.1, 0.15) is 46.0 Å². The number of anilines is 1. The molecule has 7 nitrogen and oxygen atoms in total. The van der Waals surface area contributed by atoms with E-state index in [0.29, 0.717) is 25.3 Å². The molecule has 2 saturated heterocycles. The van der Waals surface area contributed by atoms with Crippen LogP contribution in [0.15, 0.2) is 23.3 Å². The van der Waals surface area contributed by atoms with Crippen LogP contribution in [0, 0.1) is 5.82 Å². The van der Waals surface area contributed by atoms with Gasteiger partial charge in [-0.15, -0.1) is 0 Å². The molecular weight excluding hydrogens is 371 g/mol. The minimum atomic E-state index is -0.282.